The van der Waals surface area contributed by atoms with Crippen molar-refractivity contribution in [3.05, 3.63) is 47.5 Å². The highest BCUT2D eigenvalue weighted by Crippen LogP contribution is 2.29. The number of amides is 1. The van der Waals surface area contributed by atoms with Crippen molar-refractivity contribution in [3.63, 3.8) is 0 Å². The topological polar surface area (TPSA) is 56.8 Å². The number of hydrogen-bond donors (Lipinski definition) is 1. The van der Waals surface area contributed by atoms with Crippen molar-refractivity contribution in [2.45, 2.75) is 19.3 Å². The molecule has 0 saturated carbocycles. The Balaban J connectivity index is 1.60. The van der Waals surface area contributed by atoms with Gasteiger partial charge in [-0.15, -0.1) is 0 Å². The summed E-state index contributed by atoms with van der Waals surface area (Å²) in [6, 6.07) is 11.3. The number of ether oxygens (including phenoxy) is 3. The summed E-state index contributed by atoms with van der Waals surface area (Å²) in [5.74, 6) is 1.70. The molecule has 0 aromatic heterocycles. The van der Waals surface area contributed by atoms with Gasteiger partial charge in [0.15, 0.2) is 6.61 Å². The second-order valence-corrected chi connectivity index (χ2v) is 5.69. The lowest BCUT2D eigenvalue weighted by Gasteiger charge is -2.12. The first-order chi connectivity index (χ1) is 11.7. The van der Waals surface area contributed by atoms with Gasteiger partial charge in [0.25, 0.3) is 5.91 Å². The van der Waals surface area contributed by atoms with Crippen LogP contribution in [0.4, 0.5) is 5.69 Å². The van der Waals surface area contributed by atoms with Crippen molar-refractivity contribution < 1.29 is 19.0 Å². The van der Waals surface area contributed by atoms with Gasteiger partial charge in [0.1, 0.15) is 17.2 Å². The largest absolute Gasteiger partial charge is 0.497 e. The van der Waals surface area contributed by atoms with E-state index in [2.05, 4.69) is 11.4 Å². The fourth-order valence-electron chi connectivity index (χ4n) is 2.87. The highest BCUT2D eigenvalue weighted by atomic mass is 16.5. The summed E-state index contributed by atoms with van der Waals surface area (Å²) in [6.45, 7) is -0.0476. The third-order valence-electron chi connectivity index (χ3n) is 4.12. The molecule has 1 N–H and O–H groups in total. The van der Waals surface area contributed by atoms with Crippen molar-refractivity contribution in [1.82, 2.24) is 0 Å². The van der Waals surface area contributed by atoms with Crippen LogP contribution in [-0.2, 0) is 17.6 Å². The van der Waals surface area contributed by atoms with Crippen LogP contribution in [0.15, 0.2) is 36.4 Å². The molecule has 0 unspecified atom stereocenters. The molecule has 1 aliphatic carbocycles. The van der Waals surface area contributed by atoms with Gasteiger partial charge in [-0.05, 0) is 54.7 Å². The van der Waals surface area contributed by atoms with Gasteiger partial charge in [-0.1, -0.05) is 6.07 Å². The number of carbonyl (C=O) groups excluding carboxylic acids is 1. The second kappa shape index (κ2) is 7.25. The molecule has 0 fully saturated rings. The number of methoxy groups -OCH3 is 2. The Morgan fingerprint density at radius 2 is 1.79 bits per heavy atom. The minimum Gasteiger partial charge on any atom is -0.497 e. The molecule has 0 aliphatic heterocycles. The zero-order chi connectivity index (χ0) is 16.9. The van der Waals surface area contributed by atoms with Crippen molar-refractivity contribution >= 4 is 11.6 Å². The van der Waals surface area contributed by atoms with Crippen molar-refractivity contribution in [3.8, 4) is 17.2 Å². The normalized spacial score (nSPS) is 12.4. The Morgan fingerprint density at radius 3 is 2.58 bits per heavy atom. The number of fused-ring (bicyclic) bond motifs is 1. The van der Waals surface area contributed by atoms with E-state index >= 15 is 0 Å². The first kappa shape index (κ1) is 16.2. The van der Waals surface area contributed by atoms with E-state index < -0.39 is 0 Å². The van der Waals surface area contributed by atoms with Crippen LogP contribution >= 0.6 is 0 Å². The molecule has 0 heterocycles. The van der Waals surface area contributed by atoms with Crippen molar-refractivity contribution in [2.75, 3.05) is 26.1 Å². The summed E-state index contributed by atoms with van der Waals surface area (Å²) in [7, 11) is 3.13. The summed E-state index contributed by atoms with van der Waals surface area (Å²) in [4.78, 5) is 12.1. The maximum Gasteiger partial charge on any atom is 0.262 e. The summed E-state index contributed by atoms with van der Waals surface area (Å²) >= 11 is 0. The number of benzene rings is 2. The van der Waals surface area contributed by atoms with Crippen LogP contribution in [0, 0.1) is 0 Å². The Morgan fingerprint density at radius 1 is 1.00 bits per heavy atom. The van der Waals surface area contributed by atoms with Gasteiger partial charge in [-0.25, -0.2) is 0 Å². The van der Waals surface area contributed by atoms with E-state index in [1.54, 1.807) is 32.4 Å². The monoisotopic (exact) mass is 327 g/mol. The molecule has 0 atom stereocenters. The van der Waals surface area contributed by atoms with Gasteiger partial charge in [-0.2, -0.15) is 0 Å². The predicted octanol–water partition coefficient (Wildman–Crippen LogP) is 3.21. The Kier molecular flexibility index (Phi) is 4.89. The van der Waals surface area contributed by atoms with E-state index in [4.69, 9.17) is 14.2 Å². The molecule has 3 rings (SSSR count). The van der Waals surface area contributed by atoms with E-state index in [1.807, 2.05) is 12.1 Å². The molecule has 5 heteroatoms. The van der Waals surface area contributed by atoms with E-state index in [9.17, 15) is 4.79 Å². The molecule has 0 radical (unpaired) electrons. The predicted molar refractivity (Wildman–Crippen MR) is 92.1 cm³/mol. The molecule has 5 nitrogen and oxygen atoms in total. The molecular weight excluding hydrogens is 306 g/mol. The van der Waals surface area contributed by atoms with Crippen LogP contribution in [0.3, 0.4) is 0 Å². The summed E-state index contributed by atoms with van der Waals surface area (Å²) in [5, 5.41) is 2.79. The van der Waals surface area contributed by atoms with Gasteiger partial charge >= 0.3 is 0 Å². The highest BCUT2D eigenvalue weighted by molar-refractivity contribution is 5.93. The fraction of sp³-hybridized carbons (Fsp3) is 0.316. The van der Waals surface area contributed by atoms with Crippen molar-refractivity contribution in [2.24, 2.45) is 0 Å². The quantitative estimate of drug-likeness (QED) is 0.885. The van der Waals surface area contributed by atoms with Gasteiger partial charge in [-0.3, -0.25) is 4.79 Å². The van der Waals surface area contributed by atoms with Crippen LogP contribution in [0.1, 0.15) is 17.5 Å². The SMILES string of the molecule is COc1ccc(NC(=O)COc2ccc3c(c2)CCC3)c(OC)c1. The summed E-state index contributed by atoms with van der Waals surface area (Å²) in [5.41, 5.74) is 3.29. The van der Waals surface area contributed by atoms with Gasteiger partial charge in [0, 0.05) is 6.07 Å². The highest BCUT2D eigenvalue weighted by Gasteiger charge is 2.13. The molecule has 1 aliphatic rings. The van der Waals surface area contributed by atoms with Gasteiger partial charge in [0.05, 0.1) is 19.9 Å². The molecular formula is C19H21NO4. The van der Waals surface area contributed by atoms with Crippen LogP contribution in [-0.4, -0.2) is 26.7 Å². The van der Waals surface area contributed by atoms with E-state index in [0.717, 1.165) is 18.6 Å². The van der Waals surface area contributed by atoms with E-state index in [-0.39, 0.29) is 12.5 Å². The minimum atomic E-state index is -0.237. The number of aryl methyl sites for hydroxylation is 2. The lowest BCUT2D eigenvalue weighted by Crippen LogP contribution is -2.20. The number of hydrogen-bond acceptors (Lipinski definition) is 4. The lowest BCUT2D eigenvalue weighted by atomic mass is 10.1. The van der Waals surface area contributed by atoms with E-state index in [1.165, 1.54) is 17.5 Å². The molecule has 24 heavy (non-hydrogen) atoms. The summed E-state index contributed by atoms with van der Waals surface area (Å²) < 4.78 is 16.0. The Bertz CT molecular complexity index is 742. The maximum atomic E-state index is 12.1. The smallest absolute Gasteiger partial charge is 0.262 e. The van der Waals surface area contributed by atoms with E-state index in [0.29, 0.717) is 17.2 Å². The van der Waals surface area contributed by atoms with Crippen LogP contribution in [0.2, 0.25) is 0 Å². The number of rotatable bonds is 6. The van der Waals surface area contributed by atoms with Gasteiger partial charge < -0.3 is 19.5 Å². The van der Waals surface area contributed by atoms with Crippen LogP contribution < -0.4 is 19.5 Å². The number of anilines is 1. The molecule has 126 valence electrons. The first-order valence-corrected chi connectivity index (χ1v) is 7.96. The molecule has 0 saturated heterocycles. The molecule has 1 amide bonds. The Labute approximate surface area is 141 Å². The zero-order valence-electron chi connectivity index (χ0n) is 13.9. The Hall–Kier alpha value is -2.69. The summed E-state index contributed by atoms with van der Waals surface area (Å²) in [6.07, 6.45) is 3.41. The lowest BCUT2D eigenvalue weighted by molar-refractivity contribution is -0.118. The molecule has 2 aromatic carbocycles. The average Bonchev–Trinajstić information content (AvgIpc) is 3.08. The number of nitrogens with one attached hydrogen (secondary N) is 1. The molecule has 2 aromatic rings. The maximum absolute atomic E-state index is 12.1. The first-order valence-electron chi connectivity index (χ1n) is 7.96. The van der Waals surface area contributed by atoms with Gasteiger partial charge in [0.2, 0.25) is 0 Å². The third kappa shape index (κ3) is 3.62. The van der Waals surface area contributed by atoms with Crippen molar-refractivity contribution in [1.29, 1.82) is 0 Å². The van der Waals surface area contributed by atoms with Crippen LogP contribution in [0.25, 0.3) is 0 Å². The third-order valence-corrected chi connectivity index (χ3v) is 4.12. The second-order valence-electron chi connectivity index (χ2n) is 5.69. The number of carbonyl (C=O) groups is 1. The molecule has 0 spiro atoms. The fourth-order valence-corrected chi connectivity index (χ4v) is 2.87. The van der Waals surface area contributed by atoms with Crippen LogP contribution in [0.5, 0.6) is 17.2 Å². The average molecular weight is 327 g/mol. The standard InChI is InChI=1S/C19H21NO4/c1-22-15-8-9-17(18(11-15)23-2)20-19(21)12-24-16-7-6-13-4-3-5-14(13)10-16/h6-11H,3-5,12H2,1-2H3,(H,20,21). The zero-order valence-corrected chi connectivity index (χ0v) is 13.9. The molecule has 0 bridgehead atoms. The minimum absolute atomic E-state index is 0.0476.